The fraction of sp³-hybridized carbons (Fsp3) is 0.444. The van der Waals surface area contributed by atoms with Crippen molar-refractivity contribution in [2.45, 2.75) is 26.7 Å². The number of anilines is 1. The number of fused-ring (bicyclic) bond motifs is 1. The van der Waals surface area contributed by atoms with Crippen LogP contribution in [-0.4, -0.2) is 31.2 Å². The van der Waals surface area contributed by atoms with Crippen LogP contribution in [0, 0.1) is 5.41 Å². The van der Waals surface area contributed by atoms with Crippen LogP contribution in [0.1, 0.15) is 37.0 Å². The molecule has 3 rings (SSSR count). The number of aromatic nitrogens is 1. The molecule has 1 fully saturated rings. The van der Waals surface area contributed by atoms with E-state index < -0.39 is 0 Å². The molecule has 1 aliphatic heterocycles. The van der Waals surface area contributed by atoms with Crippen molar-refractivity contribution >= 4 is 22.6 Å². The lowest BCUT2D eigenvalue weighted by Crippen LogP contribution is -2.37. The number of pyridine rings is 1. The van der Waals surface area contributed by atoms with E-state index in [2.05, 4.69) is 35.9 Å². The van der Waals surface area contributed by atoms with Gasteiger partial charge in [-0.25, -0.2) is 4.79 Å². The van der Waals surface area contributed by atoms with Gasteiger partial charge in [-0.2, -0.15) is 0 Å². The van der Waals surface area contributed by atoms with Crippen LogP contribution in [0.15, 0.2) is 30.5 Å². The minimum atomic E-state index is -0.315. The number of hydrogen-bond donors (Lipinski definition) is 0. The van der Waals surface area contributed by atoms with Crippen LogP contribution in [0.5, 0.6) is 0 Å². The Kier molecular flexibility index (Phi) is 3.77. The third-order valence-electron chi connectivity index (χ3n) is 4.61. The molecule has 116 valence electrons. The summed E-state index contributed by atoms with van der Waals surface area (Å²) in [5.74, 6) is -0.315. The second kappa shape index (κ2) is 5.59. The number of benzene rings is 1. The van der Waals surface area contributed by atoms with Gasteiger partial charge in [-0.05, 0) is 42.5 Å². The first kappa shape index (κ1) is 14.8. The van der Waals surface area contributed by atoms with E-state index in [1.165, 1.54) is 20.0 Å². The number of rotatable bonds is 2. The molecule has 1 aromatic heterocycles. The summed E-state index contributed by atoms with van der Waals surface area (Å²) in [4.78, 5) is 18.7. The first-order valence-corrected chi connectivity index (χ1v) is 7.72. The van der Waals surface area contributed by atoms with E-state index in [9.17, 15) is 4.79 Å². The van der Waals surface area contributed by atoms with E-state index in [1.807, 2.05) is 6.07 Å². The van der Waals surface area contributed by atoms with Gasteiger partial charge in [0.05, 0.1) is 18.2 Å². The zero-order valence-corrected chi connectivity index (χ0v) is 13.4. The number of carbonyl (C=O) groups is 1. The van der Waals surface area contributed by atoms with Crippen LogP contribution < -0.4 is 4.90 Å². The Balaban J connectivity index is 1.97. The van der Waals surface area contributed by atoms with Gasteiger partial charge in [-0.15, -0.1) is 0 Å². The molecule has 4 nitrogen and oxygen atoms in total. The molecule has 0 amide bonds. The molecule has 2 aromatic rings. The molecule has 0 bridgehead atoms. The van der Waals surface area contributed by atoms with Gasteiger partial charge in [0.25, 0.3) is 0 Å². The quantitative estimate of drug-likeness (QED) is 0.794. The largest absolute Gasteiger partial charge is 0.465 e. The van der Waals surface area contributed by atoms with Crippen molar-refractivity contribution in [1.82, 2.24) is 4.98 Å². The summed E-state index contributed by atoms with van der Waals surface area (Å²) in [6.45, 7) is 6.74. The van der Waals surface area contributed by atoms with E-state index in [4.69, 9.17) is 4.74 Å². The monoisotopic (exact) mass is 298 g/mol. The lowest BCUT2D eigenvalue weighted by Gasteiger charge is -2.38. The van der Waals surface area contributed by atoms with Crippen LogP contribution in [0.2, 0.25) is 0 Å². The first-order valence-electron chi connectivity index (χ1n) is 7.72. The minimum absolute atomic E-state index is 0.315. The molecule has 0 spiro atoms. The molecule has 0 saturated carbocycles. The number of hydrogen-bond acceptors (Lipinski definition) is 4. The van der Waals surface area contributed by atoms with Crippen molar-refractivity contribution in [3.63, 3.8) is 0 Å². The third kappa shape index (κ3) is 2.78. The molecule has 1 aromatic carbocycles. The molecular weight excluding hydrogens is 276 g/mol. The second-order valence-electron chi connectivity index (χ2n) is 6.70. The van der Waals surface area contributed by atoms with Gasteiger partial charge in [-0.3, -0.25) is 4.98 Å². The van der Waals surface area contributed by atoms with Gasteiger partial charge in [0.15, 0.2) is 0 Å². The Morgan fingerprint density at radius 3 is 2.64 bits per heavy atom. The number of nitrogens with zero attached hydrogens (tertiary/aromatic N) is 2. The lowest BCUT2D eigenvalue weighted by molar-refractivity contribution is 0.0603. The summed E-state index contributed by atoms with van der Waals surface area (Å²) in [5.41, 5.74) is 2.98. The summed E-state index contributed by atoms with van der Waals surface area (Å²) in [6, 6.07) is 7.86. The maximum Gasteiger partial charge on any atom is 0.338 e. The van der Waals surface area contributed by atoms with Gasteiger partial charge in [0, 0.05) is 30.4 Å². The fourth-order valence-electron chi connectivity index (χ4n) is 2.99. The van der Waals surface area contributed by atoms with Gasteiger partial charge in [-0.1, -0.05) is 13.8 Å². The Hall–Kier alpha value is -2.10. The van der Waals surface area contributed by atoms with Crippen molar-refractivity contribution in [1.29, 1.82) is 0 Å². The van der Waals surface area contributed by atoms with E-state index >= 15 is 0 Å². The van der Waals surface area contributed by atoms with E-state index in [1.54, 1.807) is 12.3 Å². The van der Waals surface area contributed by atoms with Gasteiger partial charge >= 0.3 is 5.97 Å². The molecule has 0 N–H and O–H groups in total. The highest BCUT2D eigenvalue weighted by Gasteiger charge is 2.25. The Morgan fingerprint density at radius 2 is 1.95 bits per heavy atom. The Bertz CT molecular complexity index is 699. The summed E-state index contributed by atoms with van der Waals surface area (Å²) in [5, 5.41) is 0.858. The highest BCUT2D eigenvalue weighted by atomic mass is 16.5. The van der Waals surface area contributed by atoms with Crippen molar-refractivity contribution in [3.05, 3.63) is 36.0 Å². The van der Waals surface area contributed by atoms with Gasteiger partial charge in [0.1, 0.15) is 0 Å². The maximum atomic E-state index is 11.9. The average molecular weight is 298 g/mol. The van der Waals surface area contributed by atoms with Crippen molar-refractivity contribution < 1.29 is 9.53 Å². The number of methoxy groups -OCH3 is 1. The van der Waals surface area contributed by atoms with E-state index in [0.717, 1.165) is 29.7 Å². The van der Waals surface area contributed by atoms with E-state index in [0.29, 0.717) is 11.0 Å². The molecule has 0 unspecified atom stereocenters. The number of carbonyl (C=O) groups excluding carboxylic acids is 1. The van der Waals surface area contributed by atoms with Crippen LogP contribution in [0.25, 0.3) is 10.9 Å². The van der Waals surface area contributed by atoms with Crippen molar-refractivity contribution in [3.8, 4) is 0 Å². The van der Waals surface area contributed by atoms with Gasteiger partial charge in [0.2, 0.25) is 0 Å². The summed E-state index contributed by atoms with van der Waals surface area (Å²) >= 11 is 0. The molecular formula is C18H22N2O2. The average Bonchev–Trinajstić information content (AvgIpc) is 2.53. The number of ether oxygens (including phenoxy) is 1. The predicted octanol–water partition coefficient (Wildman–Crippen LogP) is 3.65. The third-order valence-corrected chi connectivity index (χ3v) is 4.61. The minimum Gasteiger partial charge on any atom is -0.465 e. The summed E-state index contributed by atoms with van der Waals surface area (Å²) in [6.07, 6.45) is 4.02. The van der Waals surface area contributed by atoms with E-state index in [-0.39, 0.29) is 5.97 Å². The molecule has 2 heterocycles. The van der Waals surface area contributed by atoms with Crippen LogP contribution in [-0.2, 0) is 4.74 Å². The SMILES string of the molecule is COC(=O)c1ccnc2ccc(N3CCC(C)(C)CC3)cc12. The number of piperidine rings is 1. The normalized spacial score (nSPS) is 17.5. The molecule has 4 heteroatoms. The zero-order valence-electron chi connectivity index (χ0n) is 13.4. The molecule has 0 aliphatic carbocycles. The predicted molar refractivity (Wildman–Crippen MR) is 88.3 cm³/mol. The molecule has 22 heavy (non-hydrogen) atoms. The smallest absolute Gasteiger partial charge is 0.338 e. The molecule has 0 atom stereocenters. The standard InChI is InChI=1S/C18H22N2O2/c1-18(2)7-10-20(11-8-18)13-4-5-16-15(12-13)14(6-9-19-16)17(21)22-3/h4-6,9,12H,7-8,10-11H2,1-3H3. The van der Waals surface area contributed by atoms with Gasteiger partial charge < -0.3 is 9.64 Å². The summed E-state index contributed by atoms with van der Waals surface area (Å²) in [7, 11) is 1.41. The zero-order chi connectivity index (χ0) is 15.7. The first-order chi connectivity index (χ1) is 10.5. The Morgan fingerprint density at radius 1 is 1.23 bits per heavy atom. The van der Waals surface area contributed by atoms with Crippen LogP contribution in [0.4, 0.5) is 5.69 Å². The molecule has 1 saturated heterocycles. The van der Waals surface area contributed by atoms with Crippen LogP contribution in [0.3, 0.4) is 0 Å². The van der Waals surface area contributed by atoms with Crippen LogP contribution >= 0.6 is 0 Å². The topological polar surface area (TPSA) is 42.4 Å². The highest BCUT2D eigenvalue weighted by molar-refractivity contribution is 6.04. The van der Waals surface area contributed by atoms with Crippen molar-refractivity contribution in [2.75, 3.05) is 25.1 Å². The fourth-order valence-corrected chi connectivity index (χ4v) is 2.99. The lowest BCUT2D eigenvalue weighted by atomic mass is 9.82. The Labute approximate surface area is 131 Å². The van der Waals surface area contributed by atoms with Crippen molar-refractivity contribution in [2.24, 2.45) is 5.41 Å². The highest BCUT2D eigenvalue weighted by Crippen LogP contribution is 2.33. The molecule has 0 radical (unpaired) electrons. The second-order valence-corrected chi connectivity index (χ2v) is 6.70. The molecule has 1 aliphatic rings. The maximum absolute atomic E-state index is 11.9. The summed E-state index contributed by atoms with van der Waals surface area (Å²) < 4.78 is 4.88. The number of esters is 1.